The fourth-order valence-corrected chi connectivity index (χ4v) is 3.93. The molecule has 1 N–H and O–H groups in total. The number of nitrogens with zero attached hydrogens (tertiary/aromatic N) is 4. The molecule has 8 nitrogen and oxygen atoms in total. The van der Waals surface area contributed by atoms with E-state index < -0.39 is 0 Å². The second kappa shape index (κ2) is 8.16. The van der Waals surface area contributed by atoms with Gasteiger partial charge in [0.1, 0.15) is 0 Å². The predicted octanol–water partition coefficient (Wildman–Crippen LogP) is 3.88. The van der Waals surface area contributed by atoms with Crippen molar-refractivity contribution in [1.82, 2.24) is 14.8 Å². The van der Waals surface area contributed by atoms with Crippen LogP contribution in [0.4, 0.5) is 11.4 Å². The molecule has 2 aromatic carbocycles. The van der Waals surface area contributed by atoms with Crippen LogP contribution < -0.4 is 10.2 Å². The Hall–Kier alpha value is -4.59. The molecule has 0 fully saturated rings. The molecule has 0 radical (unpaired) electrons. The summed E-state index contributed by atoms with van der Waals surface area (Å²) in [6.45, 7) is 1.94. The van der Waals surface area contributed by atoms with Gasteiger partial charge in [-0.05, 0) is 48.9 Å². The van der Waals surface area contributed by atoms with Gasteiger partial charge in [0.05, 0.1) is 34.3 Å². The van der Waals surface area contributed by atoms with Crippen molar-refractivity contribution in [2.24, 2.45) is 0 Å². The number of anilines is 2. The molecule has 1 aliphatic rings. The first kappa shape index (κ1) is 20.3. The highest BCUT2D eigenvalue weighted by atomic mass is 16.2. The number of pyridine rings is 1. The second-order valence-electron chi connectivity index (χ2n) is 7.45. The fraction of sp³-hybridized carbons (Fsp3) is 0.0800. The van der Waals surface area contributed by atoms with Crippen molar-refractivity contribution in [3.05, 3.63) is 102 Å². The highest BCUT2D eigenvalue weighted by Crippen LogP contribution is 2.30. The quantitative estimate of drug-likeness (QED) is 0.478. The summed E-state index contributed by atoms with van der Waals surface area (Å²) in [6.07, 6.45) is 3.76. The van der Waals surface area contributed by atoms with Crippen molar-refractivity contribution in [2.75, 3.05) is 10.2 Å². The molecule has 0 saturated carbocycles. The van der Waals surface area contributed by atoms with Crippen molar-refractivity contribution in [2.45, 2.75) is 13.3 Å². The molecular weight excluding hydrogens is 418 g/mol. The monoisotopic (exact) mass is 437 g/mol. The molecule has 3 heterocycles. The number of benzene rings is 2. The topological polar surface area (TPSA) is 97.2 Å². The van der Waals surface area contributed by atoms with Gasteiger partial charge in [0.15, 0.2) is 5.82 Å². The first-order chi connectivity index (χ1) is 16.1. The largest absolute Gasteiger partial charge is 0.322 e. The van der Waals surface area contributed by atoms with Gasteiger partial charge in [-0.1, -0.05) is 31.2 Å². The first-order valence-electron chi connectivity index (χ1n) is 10.5. The van der Waals surface area contributed by atoms with E-state index in [1.54, 1.807) is 59.4 Å². The summed E-state index contributed by atoms with van der Waals surface area (Å²) in [5.74, 6) is -0.484. The van der Waals surface area contributed by atoms with Gasteiger partial charge >= 0.3 is 0 Å². The van der Waals surface area contributed by atoms with Crippen LogP contribution in [0.15, 0.2) is 79.1 Å². The standard InChI is InChI=1S/C25H19N5O3/c1-2-21-20(15-27-30(21)22-12-5-6-13-26-22)23(31)28-16-8-7-9-17(14-16)29-24(32)18-10-3-4-11-19(18)25(29)33/h3-15H,2H2,1H3,(H,28,31). The van der Waals surface area contributed by atoms with Gasteiger partial charge < -0.3 is 5.32 Å². The summed E-state index contributed by atoms with van der Waals surface area (Å²) in [5, 5.41) is 7.19. The van der Waals surface area contributed by atoms with Gasteiger partial charge in [0.25, 0.3) is 17.7 Å². The molecule has 0 bridgehead atoms. The Balaban J connectivity index is 1.41. The maximum atomic E-state index is 13.0. The van der Waals surface area contributed by atoms with Crippen LogP contribution in [0.5, 0.6) is 0 Å². The van der Waals surface area contributed by atoms with Gasteiger partial charge in [-0.2, -0.15) is 5.10 Å². The number of imide groups is 1. The number of hydrogen-bond acceptors (Lipinski definition) is 5. The molecule has 33 heavy (non-hydrogen) atoms. The van der Waals surface area contributed by atoms with Crippen LogP contribution in [0.3, 0.4) is 0 Å². The molecule has 8 heteroatoms. The lowest BCUT2D eigenvalue weighted by Gasteiger charge is -2.15. The Morgan fingerprint density at radius 1 is 0.939 bits per heavy atom. The van der Waals surface area contributed by atoms with E-state index in [2.05, 4.69) is 15.4 Å². The molecule has 0 atom stereocenters. The Kier molecular flexibility index (Phi) is 5.02. The fourth-order valence-electron chi connectivity index (χ4n) is 3.93. The SMILES string of the molecule is CCc1c(C(=O)Nc2cccc(N3C(=O)c4ccccc4C3=O)c2)cnn1-c1ccccn1. The molecule has 1 aliphatic heterocycles. The number of amides is 3. The molecule has 4 aromatic rings. The normalized spacial score (nSPS) is 12.7. The second-order valence-corrected chi connectivity index (χ2v) is 7.45. The van der Waals surface area contributed by atoms with Gasteiger partial charge in [-0.25, -0.2) is 14.6 Å². The van der Waals surface area contributed by atoms with Crippen LogP contribution in [-0.2, 0) is 6.42 Å². The summed E-state index contributed by atoms with van der Waals surface area (Å²) in [6, 6.07) is 18.9. The lowest BCUT2D eigenvalue weighted by atomic mass is 10.1. The van der Waals surface area contributed by atoms with E-state index in [1.807, 2.05) is 25.1 Å². The van der Waals surface area contributed by atoms with E-state index in [4.69, 9.17) is 0 Å². The number of carbonyl (C=O) groups is 3. The van der Waals surface area contributed by atoms with Crippen LogP contribution >= 0.6 is 0 Å². The zero-order chi connectivity index (χ0) is 22.9. The third kappa shape index (κ3) is 3.47. The summed E-state index contributed by atoms with van der Waals surface area (Å²) in [7, 11) is 0. The van der Waals surface area contributed by atoms with Crippen molar-refractivity contribution in [1.29, 1.82) is 0 Å². The average molecular weight is 437 g/mol. The van der Waals surface area contributed by atoms with Crippen molar-refractivity contribution in [3.8, 4) is 5.82 Å². The van der Waals surface area contributed by atoms with Crippen LogP contribution in [0.2, 0.25) is 0 Å². The predicted molar refractivity (Wildman–Crippen MR) is 123 cm³/mol. The molecule has 0 spiro atoms. The van der Waals surface area contributed by atoms with Gasteiger partial charge in [0.2, 0.25) is 0 Å². The van der Waals surface area contributed by atoms with E-state index in [0.717, 1.165) is 10.6 Å². The van der Waals surface area contributed by atoms with Crippen molar-refractivity contribution >= 4 is 29.1 Å². The van der Waals surface area contributed by atoms with Crippen molar-refractivity contribution < 1.29 is 14.4 Å². The summed E-state index contributed by atoms with van der Waals surface area (Å²) in [4.78, 5) is 44.0. The van der Waals surface area contributed by atoms with Crippen LogP contribution in [0.25, 0.3) is 5.82 Å². The molecule has 0 saturated heterocycles. The number of hydrogen-bond donors (Lipinski definition) is 1. The smallest absolute Gasteiger partial charge is 0.266 e. The third-order valence-corrected chi connectivity index (χ3v) is 5.47. The number of nitrogens with one attached hydrogen (secondary N) is 1. The minimum Gasteiger partial charge on any atom is -0.322 e. The highest BCUT2D eigenvalue weighted by Gasteiger charge is 2.36. The molecule has 5 rings (SSSR count). The minimum absolute atomic E-state index is 0.339. The highest BCUT2D eigenvalue weighted by molar-refractivity contribution is 6.34. The molecule has 2 aromatic heterocycles. The Morgan fingerprint density at radius 3 is 2.33 bits per heavy atom. The number of rotatable bonds is 5. The van der Waals surface area contributed by atoms with E-state index in [1.165, 1.54) is 6.20 Å². The maximum Gasteiger partial charge on any atom is 0.266 e. The third-order valence-electron chi connectivity index (χ3n) is 5.47. The van der Waals surface area contributed by atoms with Crippen LogP contribution in [0, 0.1) is 0 Å². The zero-order valence-electron chi connectivity index (χ0n) is 17.7. The summed E-state index contributed by atoms with van der Waals surface area (Å²) in [5.41, 5.74) is 2.73. The number of aromatic nitrogens is 3. The van der Waals surface area contributed by atoms with Gasteiger partial charge in [-0.15, -0.1) is 0 Å². The molecule has 162 valence electrons. The molecular formula is C25H19N5O3. The molecule has 0 aliphatic carbocycles. The average Bonchev–Trinajstić information content (AvgIpc) is 3.39. The Bertz CT molecular complexity index is 1360. The maximum absolute atomic E-state index is 13.0. The van der Waals surface area contributed by atoms with Crippen LogP contribution in [0.1, 0.15) is 43.7 Å². The van der Waals surface area contributed by atoms with E-state index >= 15 is 0 Å². The van der Waals surface area contributed by atoms with E-state index in [9.17, 15) is 14.4 Å². The van der Waals surface area contributed by atoms with E-state index in [0.29, 0.717) is 40.3 Å². The molecule has 0 unspecified atom stereocenters. The first-order valence-corrected chi connectivity index (χ1v) is 10.5. The Labute approximate surface area is 189 Å². The number of carbonyl (C=O) groups excluding carboxylic acids is 3. The minimum atomic E-state index is -0.385. The molecule has 3 amide bonds. The van der Waals surface area contributed by atoms with E-state index in [-0.39, 0.29) is 17.7 Å². The lowest BCUT2D eigenvalue weighted by molar-refractivity contribution is 0.0925. The summed E-state index contributed by atoms with van der Waals surface area (Å²) < 4.78 is 1.64. The van der Waals surface area contributed by atoms with Crippen molar-refractivity contribution in [3.63, 3.8) is 0 Å². The number of fused-ring (bicyclic) bond motifs is 1. The lowest BCUT2D eigenvalue weighted by Crippen LogP contribution is -2.29. The Morgan fingerprint density at radius 2 is 1.67 bits per heavy atom. The van der Waals surface area contributed by atoms with Crippen LogP contribution in [-0.4, -0.2) is 32.5 Å². The van der Waals surface area contributed by atoms with Gasteiger partial charge in [0, 0.05) is 11.9 Å². The van der Waals surface area contributed by atoms with Gasteiger partial charge in [-0.3, -0.25) is 14.4 Å². The summed E-state index contributed by atoms with van der Waals surface area (Å²) >= 11 is 0. The zero-order valence-corrected chi connectivity index (χ0v) is 17.7.